The van der Waals surface area contributed by atoms with Crippen molar-refractivity contribution < 1.29 is 9.09 Å². The van der Waals surface area contributed by atoms with Gasteiger partial charge in [-0.05, 0) is 27.7 Å². The van der Waals surface area contributed by atoms with Gasteiger partial charge in [-0.2, -0.15) is 0 Å². The predicted molar refractivity (Wildman–Crippen MR) is 66.1 cm³/mol. The maximum Gasteiger partial charge on any atom is 0.295 e. The zero-order valence-corrected chi connectivity index (χ0v) is 11.0. The van der Waals surface area contributed by atoms with Crippen LogP contribution in [-0.2, 0) is 9.09 Å². The van der Waals surface area contributed by atoms with Crippen molar-refractivity contribution in [2.24, 2.45) is 0 Å². The molecule has 0 saturated carbocycles. The molecular weight excluding hydrogens is 209 g/mol. The van der Waals surface area contributed by atoms with Gasteiger partial charge in [-0.1, -0.05) is 12.7 Å². The van der Waals surface area contributed by atoms with E-state index < -0.39 is 7.52 Å². The predicted octanol–water partition coefficient (Wildman–Crippen LogP) is 3.64. The maximum atomic E-state index is 12.5. The van der Waals surface area contributed by atoms with Crippen molar-refractivity contribution in [3.05, 3.63) is 25.1 Å². The summed E-state index contributed by atoms with van der Waals surface area (Å²) in [5.41, 5.74) is 0. The fourth-order valence-corrected chi connectivity index (χ4v) is 3.65. The summed E-state index contributed by atoms with van der Waals surface area (Å²) >= 11 is 0. The van der Waals surface area contributed by atoms with E-state index in [1.165, 1.54) is 5.82 Å². The van der Waals surface area contributed by atoms with Crippen LogP contribution in [0.3, 0.4) is 0 Å². The van der Waals surface area contributed by atoms with E-state index in [0.29, 0.717) is 0 Å². The highest BCUT2D eigenvalue weighted by molar-refractivity contribution is 7.59. The van der Waals surface area contributed by atoms with Crippen LogP contribution in [0.5, 0.6) is 0 Å². The monoisotopic (exact) mass is 231 g/mol. The zero-order valence-electron chi connectivity index (χ0n) is 10.1. The molecular formula is C11H22NO2P. The molecule has 0 spiro atoms. The largest absolute Gasteiger partial charge is 0.310 e. The molecule has 0 saturated heterocycles. The van der Waals surface area contributed by atoms with Gasteiger partial charge < -0.3 is 4.52 Å². The van der Waals surface area contributed by atoms with Crippen molar-refractivity contribution in [3.63, 3.8) is 0 Å². The van der Waals surface area contributed by atoms with Crippen molar-refractivity contribution in [2.75, 3.05) is 6.61 Å². The van der Waals surface area contributed by atoms with Gasteiger partial charge in [0.1, 0.15) is 0 Å². The lowest BCUT2D eigenvalue weighted by molar-refractivity contribution is 0.236. The van der Waals surface area contributed by atoms with Crippen molar-refractivity contribution in [1.29, 1.82) is 0 Å². The molecule has 0 fully saturated rings. The Morgan fingerprint density at radius 2 is 1.73 bits per heavy atom. The second-order valence-corrected chi connectivity index (χ2v) is 6.11. The Morgan fingerprint density at radius 3 is 2.00 bits per heavy atom. The number of hydrogen-bond acceptors (Lipinski definition) is 2. The Balaban J connectivity index is 4.94. The van der Waals surface area contributed by atoms with Gasteiger partial charge in [0.05, 0.1) is 6.61 Å². The van der Waals surface area contributed by atoms with Gasteiger partial charge in [-0.3, -0.25) is 4.57 Å². The molecule has 0 rings (SSSR count). The van der Waals surface area contributed by atoms with Crippen LogP contribution in [-0.4, -0.2) is 23.4 Å². The highest BCUT2D eigenvalue weighted by atomic mass is 31.2. The first-order chi connectivity index (χ1) is 6.89. The van der Waals surface area contributed by atoms with Gasteiger partial charge in [-0.25, -0.2) is 4.67 Å². The lowest BCUT2D eigenvalue weighted by Crippen LogP contribution is -2.34. The second kappa shape index (κ2) is 6.26. The van der Waals surface area contributed by atoms with E-state index in [0.717, 1.165) is 0 Å². The van der Waals surface area contributed by atoms with Gasteiger partial charge in [0, 0.05) is 17.9 Å². The molecule has 0 aromatic heterocycles. The van der Waals surface area contributed by atoms with Crippen LogP contribution >= 0.6 is 7.52 Å². The third-order valence-electron chi connectivity index (χ3n) is 1.99. The first-order valence-corrected chi connectivity index (χ1v) is 6.81. The topological polar surface area (TPSA) is 29.5 Å². The molecule has 1 unspecified atom stereocenters. The molecule has 1 atom stereocenters. The second-order valence-electron chi connectivity index (χ2n) is 3.90. The van der Waals surface area contributed by atoms with E-state index in [9.17, 15) is 4.57 Å². The van der Waals surface area contributed by atoms with Crippen LogP contribution in [0, 0.1) is 0 Å². The molecule has 0 bridgehead atoms. The Bertz CT molecular complexity index is 253. The minimum absolute atomic E-state index is 0.152. The molecule has 0 heterocycles. The standard InChI is InChI=1S/C11H22NO2P/c1-7-9-14-15(13,8-2)12(10(3)4)11(5)6/h7-8,10-11H,1-2,9H2,3-6H3. The van der Waals surface area contributed by atoms with Gasteiger partial charge >= 0.3 is 0 Å². The summed E-state index contributed by atoms with van der Waals surface area (Å²) in [5, 5.41) is 0. The first kappa shape index (κ1) is 14.6. The third-order valence-corrected chi connectivity index (χ3v) is 4.54. The molecule has 3 nitrogen and oxygen atoms in total. The molecule has 0 N–H and O–H groups in total. The number of rotatable bonds is 7. The average Bonchev–Trinajstić information content (AvgIpc) is 2.13. The summed E-state index contributed by atoms with van der Waals surface area (Å²) in [7, 11) is -2.91. The third kappa shape index (κ3) is 3.94. The first-order valence-electron chi connectivity index (χ1n) is 5.16. The molecule has 0 aliphatic heterocycles. The lowest BCUT2D eigenvalue weighted by Gasteiger charge is -2.35. The number of hydrogen-bond donors (Lipinski definition) is 0. The summed E-state index contributed by atoms with van der Waals surface area (Å²) < 4.78 is 19.7. The summed E-state index contributed by atoms with van der Waals surface area (Å²) in [5.74, 6) is 1.41. The molecule has 0 radical (unpaired) electrons. The van der Waals surface area contributed by atoms with Crippen molar-refractivity contribution >= 4 is 7.52 Å². The normalized spacial score (nSPS) is 15.7. The molecule has 0 aromatic carbocycles. The van der Waals surface area contributed by atoms with Gasteiger partial charge in [0.15, 0.2) is 0 Å². The molecule has 0 aliphatic carbocycles. The van der Waals surface area contributed by atoms with Crippen LogP contribution in [0.25, 0.3) is 0 Å². The highest BCUT2D eigenvalue weighted by Crippen LogP contribution is 2.54. The van der Waals surface area contributed by atoms with Crippen LogP contribution < -0.4 is 0 Å². The minimum atomic E-state index is -2.91. The van der Waals surface area contributed by atoms with E-state index in [1.54, 1.807) is 6.08 Å². The molecule has 0 aromatic rings. The Labute approximate surface area is 93.3 Å². The van der Waals surface area contributed by atoms with Gasteiger partial charge in [-0.15, -0.1) is 6.58 Å². The molecule has 4 heteroatoms. The Morgan fingerprint density at radius 1 is 1.27 bits per heavy atom. The van der Waals surface area contributed by atoms with E-state index >= 15 is 0 Å². The van der Waals surface area contributed by atoms with E-state index in [4.69, 9.17) is 4.52 Å². The Kier molecular flexibility index (Phi) is 6.11. The summed E-state index contributed by atoms with van der Waals surface area (Å²) in [6, 6.07) is 0.303. The summed E-state index contributed by atoms with van der Waals surface area (Å²) in [6.07, 6.45) is 1.59. The number of nitrogens with zero attached hydrogens (tertiary/aromatic N) is 1. The molecule has 0 aliphatic rings. The minimum Gasteiger partial charge on any atom is -0.310 e. The smallest absolute Gasteiger partial charge is 0.295 e. The zero-order chi connectivity index (χ0) is 12.1. The Hall–Kier alpha value is -0.370. The van der Waals surface area contributed by atoms with Crippen LogP contribution in [0.15, 0.2) is 25.1 Å². The maximum absolute atomic E-state index is 12.5. The fourth-order valence-electron chi connectivity index (χ4n) is 1.61. The highest BCUT2D eigenvalue weighted by Gasteiger charge is 2.32. The van der Waals surface area contributed by atoms with Crippen LogP contribution in [0.4, 0.5) is 0 Å². The SMILES string of the molecule is C=CCOP(=O)(C=C)N(C(C)C)C(C)C. The van der Waals surface area contributed by atoms with Crippen LogP contribution in [0.1, 0.15) is 27.7 Å². The fraction of sp³-hybridized carbons (Fsp3) is 0.636. The summed E-state index contributed by atoms with van der Waals surface area (Å²) in [4.78, 5) is 0. The van der Waals surface area contributed by atoms with E-state index in [2.05, 4.69) is 13.2 Å². The van der Waals surface area contributed by atoms with E-state index in [-0.39, 0.29) is 18.7 Å². The van der Waals surface area contributed by atoms with Crippen molar-refractivity contribution in [1.82, 2.24) is 4.67 Å². The van der Waals surface area contributed by atoms with E-state index in [1.807, 2.05) is 32.4 Å². The average molecular weight is 231 g/mol. The lowest BCUT2D eigenvalue weighted by atomic mass is 10.3. The van der Waals surface area contributed by atoms with Gasteiger partial charge in [0.25, 0.3) is 7.52 Å². The van der Waals surface area contributed by atoms with Crippen molar-refractivity contribution in [2.45, 2.75) is 39.8 Å². The molecule has 88 valence electrons. The van der Waals surface area contributed by atoms with Crippen LogP contribution in [0.2, 0.25) is 0 Å². The van der Waals surface area contributed by atoms with Gasteiger partial charge in [0.2, 0.25) is 0 Å². The quantitative estimate of drug-likeness (QED) is 0.495. The molecule has 0 amide bonds. The summed E-state index contributed by atoms with van der Waals surface area (Å²) in [6.45, 7) is 15.4. The van der Waals surface area contributed by atoms with Crippen molar-refractivity contribution in [3.8, 4) is 0 Å². The molecule has 15 heavy (non-hydrogen) atoms.